The van der Waals surface area contributed by atoms with Gasteiger partial charge in [-0.3, -0.25) is 0 Å². The molecule has 0 aliphatic heterocycles. The average Bonchev–Trinajstić information content (AvgIpc) is 4.06. The van der Waals surface area contributed by atoms with Gasteiger partial charge in [0.25, 0.3) is 0 Å². The lowest BCUT2D eigenvalue weighted by atomic mass is 9.68. The van der Waals surface area contributed by atoms with Gasteiger partial charge >= 0.3 is 0 Å². The summed E-state index contributed by atoms with van der Waals surface area (Å²) in [6.07, 6.45) is 12.5. The van der Waals surface area contributed by atoms with Crippen LogP contribution in [0.1, 0.15) is 215 Å². The fourth-order valence-corrected chi connectivity index (χ4v) is 9.99. The summed E-state index contributed by atoms with van der Waals surface area (Å²) >= 11 is 0. The maximum absolute atomic E-state index is 2.48. The maximum atomic E-state index is 2.48. The topological polar surface area (TPSA) is 9.86 Å². The number of hydrogen-bond donors (Lipinski definition) is 0. The first-order chi connectivity index (χ1) is 30.6. The van der Waals surface area contributed by atoms with Crippen molar-refractivity contribution in [3.63, 3.8) is 0 Å². The van der Waals surface area contributed by atoms with Gasteiger partial charge in [0.1, 0.15) is 0 Å². The molecule has 11 rings (SSSR count). The zero-order valence-electron chi connectivity index (χ0n) is 43.4. The van der Waals surface area contributed by atoms with Gasteiger partial charge in [-0.15, -0.1) is 0 Å². The molecular weight excluding hydrogens is 806 g/mol. The van der Waals surface area contributed by atoms with E-state index < -0.39 is 0 Å². The summed E-state index contributed by atoms with van der Waals surface area (Å²) in [5.74, 6) is 2.76. The summed E-state index contributed by atoms with van der Waals surface area (Å²) in [4.78, 5) is 0. The molecule has 1 saturated carbocycles. The second kappa shape index (κ2) is 28.8. The lowest BCUT2D eigenvalue weighted by Crippen LogP contribution is -2.19. The number of para-hydroxylation sites is 2. The maximum Gasteiger partial charge on any atom is 0.0571 e. The Morgan fingerprint density at radius 2 is 0.746 bits per heavy atom. The van der Waals surface area contributed by atoms with Crippen LogP contribution in [-0.4, -0.2) is 26.0 Å². The molecule has 8 aromatic rings. The van der Waals surface area contributed by atoms with E-state index in [1.165, 1.54) is 123 Å². The molecule has 2 aromatic heterocycles. The van der Waals surface area contributed by atoms with Crippen molar-refractivity contribution in [1.29, 1.82) is 0 Å². The fraction of sp³-hybridized carbons (Fsp3) is 0.492. The Hall–Kier alpha value is -4.43. The van der Waals surface area contributed by atoms with Gasteiger partial charge in [0.15, 0.2) is 0 Å². The molecule has 67 heavy (non-hydrogen) atoms. The van der Waals surface area contributed by atoms with E-state index in [-0.39, 0.29) is 31.7 Å². The van der Waals surface area contributed by atoms with Crippen LogP contribution >= 0.6 is 0 Å². The van der Waals surface area contributed by atoms with E-state index in [1.807, 2.05) is 0 Å². The lowest BCUT2D eigenvalue weighted by molar-refractivity contribution is 0.544. The molecule has 4 heteroatoms. The summed E-state index contributed by atoms with van der Waals surface area (Å²) in [5.41, 5.74) is 11.7. The van der Waals surface area contributed by atoms with Crippen molar-refractivity contribution in [2.45, 2.75) is 206 Å². The molecule has 2 nitrogen and oxygen atoms in total. The summed E-state index contributed by atoms with van der Waals surface area (Å²) in [6, 6.07) is 36.6. The number of aryl methyl sites for hydroxylation is 2. The van der Waals surface area contributed by atoms with Gasteiger partial charge in [-0.05, 0) is 100 Å². The Bertz CT molecular complexity index is 2660. The van der Waals surface area contributed by atoms with Gasteiger partial charge in [0.05, 0.1) is 5.52 Å². The number of hydrogen-bond acceptors (Lipinski definition) is 0. The van der Waals surface area contributed by atoms with Crippen LogP contribution in [-0.2, 0) is 13.1 Å². The molecule has 0 spiro atoms. The first-order valence-electron chi connectivity index (χ1n) is 25.5. The summed E-state index contributed by atoms with van der Waals surface area (Å²) in [6.45, 7) is 32.9. The first kappa shape index (κ1) is 60.6. The van der Waals surface area contributed by atoms with E-state index in [9.17, 15) is 0 Å². The molecule has 0 unspecified atom stereocenters. The van der Waals surface area contributed by atoms with Crippen molar-refractivity contribution in [3.8, 4) is 0 Å². The highest BCUT2D eigenvalue weighted by Gasteiger charge is 2.33. The molecule has 3 aliphatic carbocycles. The molecule has 6 aromatic carbocycles. The predicted octanol–water partition coefficient (Wildman–Crippen LogP) is 20.5. The van der Waals surface area contributed by atoms with Crippen LogP contribution < -0.4 is 0 Å². The average molecular weight is 899 g/mol. The van der Waals surface area contributed by atoms with Crippen LogP contribution in [0.25, 0.3) is 65.2 Å². The minimum Gasteiger partial charge on any atom is -0.341 e. The highest BCUT2D eigenvalue weighted by atomic mass is 15.0. The van der Waals surface area contributed by atoms with E-state index in [0.29, 0.717) is 23.7 Å². The van der Waals surface area contributed by atoms with Crippen LogP contribution in [0.2, 0.25) is 0 Å². The summed E-state index contributed by atoms with van der Waals surface area (Å²) in [7, 11) is 0. The summed E-state index contributed by atoms with van der Waals surface area (Å²) in [5, 5.41) is 11.1. The van der Waals surface area contributed by atoms with Crippen molar-refractivity contribution < 1.29 is 0 Å². The molecule has 0 amide bonds. The van der Waals surface area contributed by atoms with Gasteiger partial charge in [0, 0.05) is 73.4 Å². The Balaban J connectivity index is 0.000000480. The minimum atomic E-state index is 0. The van der Waals surface area contributed by atoms with Gasteiger partial charge in [-0.2, -0.15) is 0 Å². The highest BCUT2D eigenvalue weighted by Crippen LogP contribution is 2.51. The smallest absolute Gasteiger partial charge is 0.0571 e. The Morgan fingerprint density at radius 3 is 1.22 bits per heavy atom. The molecule has 0 bridgehead atoms. The van der Waals surface area contributed by atoms with Crippen LogP contribution in [0.3, 0.4) is 0 Å². The summed E-state index contributed by atoms with van der Waals surface area (Å²) < 4.78 is 4.92. The molecular formula is C63H92B2N2. The molecule has 6 radical (unpaired) electrons. The lowest BCUT2D eigenvalue weighted by Gasteiger charge is -2.36. The largest absolute Gasteiger partial charge is 0.341 e. The van der Waals surface area contributed by atoms with E-state index in [0.717, 1.165) is 13.1 Å². The number of fused-ring (bicyclic) bond motifs is 12. The van der Waals surface area contributed by atoms with Crippen molar-refractivity contribution >= 4 is 82.0 Å². The number of aromatic nitrogens is 2. The standard InChI is InChI=1S/2C22H21N.C5H10.4C3H8.2CH4.2B/c1-4-23-21-8-6-5-7-17(21)20-11-15-9-18-13(2)14(3)19(18)10-16(15)12-22(20)23;1-4-23-20-8-6-5-7-16(20)18-12-10-17-19(22(18)23)11-9-15-13(2)14(3)21(15)17;1-2-4-5-3-1;4*1-3-2;;;;/h2*5-14H,4H2,1-3H3;1-5H2;4*3H2,1-2H3;2*1H4;;/t2*13-,14+;;;;;;;;;/m01........./s1. The van der Waals surface area contributed by atoms with Crippen molar-refractivity contribution in [2.24, 2.45) is 0 Å². The van der Waals surface area contributed by atoms with Crippen LogP contribution in [0.4, 0.5) is 0 Å². The third kappa shape index (κ3) is 12.4. The van der Waals surface area contributed by atoms with E-state index in [2.05, 4.69) is 203 Å². The predicted molar refractivity (Wildman–Crippen MR) is 311 cm³/mol. The van der Waals surface area contributed by atoms with E-state index in [1.54, 1.807) is 22.3 Å². The fourth-order valence-electron chi connectivity index (χ4n) is 9.99. The van der Waals surface area contributed by atoms with Gasteiger partial charge < -0.3 is 9.13 Å². The molecule has 3 aliphatic rings. The Labute approximate surface area is 414 Å². The quantitative estimate of drug-likeness (QED) is 0.153. The number of nitrogens with zero attached hydrogens (tertiary/aromatic N) is 2. The van der Waals surface area contributed by atoms with Crippen LogP contribution in [0.15, 0.2) is 97.1 Å². The zero-order chi connectivity index (χ0) is 45.8. The molecule has 360 valence electrons. The van der Waals surface area contributed by atoms with Crippen molar-refractivity contribution in [3.05, 3.63) is 119 Å². The van der Waals surface area contributed by atoms with Gasteiger partial charge in [0.2, 0.25) is 0 Å². The second-order valence-electron chi connectivity index (χ2n) is 18.6. The Kier molecular flexibility index (Phi) is 26.0. The van der Waals surface area contributed by atoms with Crippen molar-refractivity contribution in [1.82, 2.24) is 9.13 Å². The minimum absolute atomic E-state index is 0. The molecule has 0 saturated heterocycles. The molecule has 1 fully saturated rings. The second-order valence-corrected chi connectivity index (χ2v) is 18.6. The highest BCUT2D eigenvalue weighted by molar-refractivity contribution is 6.18. The number of rotatable bonds is 2. The van der Waals surface area contributed by atoms with Crippen LogP contribution in [0.5, 0.6) is 0 Å². The molecule has 0 N–H and O–H groups in total. The Morgan fingerprint density at radius 1 is 0.373 bits per heavy atom. The zero-order valence-corrected chi connectivity index (χ0v) is 43.4. The van der Waals surface area contributed by atoms with Gasteiger partial charge in [-0.1, -0.05) is 229 Å². The van der Waals surface area contributed by atoms with Crippen LogP contribution in [0, 0.1) is 0 Å². The van der Waals surface area contributed by atoms with E-state index in [4.69, 9.17) is 0 Å². The van der Waals surface area contributed by atoms with Crippen molar-refractivity contribution in [2.75, 3.05) is 0 Å². The molecule has 2 heterocycles. The number of benzene rings is 6. The van der Waals surface area contributed by atoms with Gasteiger partial charge in [-0.25, -0.2) is 0 Å². The SMILES string of the molecule is C.C.C1CCCC1.CCC.CCC.CCC.CCC.CCn1c2ccccc2c2cc3cc4c(cc3cc21)[C@H](C)[C@@H]4C.CCn1c2ccccc2c2ccc3c4c(ccc3c21)[C@H](C)[C@@H]4C.[B].[B]. The third-order valence-corrected chi connectivity index (χ3v) is 13.2. The monoisotopic (exact) mass is 899 g/mol. The van der Waals surface area contributed by atoms with E-state index >= 15 is 0 Å². The third-order valence-electron chi connectivity index (χ3n) is 13.2. The normalized spacial score (nSPS) is 16.7. The molecule has 4 atom stereocenters. The first-order valence-corrected chi connectivity index (χ1v) is 25.5.